The third-order valence-electron chi connectivity index (χ3n) is 3.45. The summed E-state index contributed by atoms with van der Waals surface area (Å²) in [4.78, 5) is 0. The standard InChI is InChI=1S/C18H16N2O3/c1-12-5-3-4-6-15(12)19-20-16-11-17(23-18(16)21)13-7-9-14(22-2)10-8-13/h3-11,21H,1-2H3. The molecule has 1 aromatic heterocycles. The highest BCUT2D eigenvalue weighted by atomic mass is 16.5. The van der Waals surface area contributed by atoms with Gasteiger partial charge in [0.1, 0.15) is 11.5 Å². The molecule has 0 spiro atoms. The summed E-state index contributed by atoms with van der Waals surface area (Å²) in [6.07, 6.45) is 0. The summed E-state index contributed by atoms with van der Waals surface area (Å²) >= 11 is 0. The summed E-state index contributed by atoms with van der Waals surface area (Å²) < 4.78 is 10.5. The van der Waals surface area contributed by atoms with Gasteiger partial charge in [0, 0.05) is 11.6 Å². The van der Waals surface area contributed by atoms with E-state index in [9.17, 15) is 5.11 Å². The maximum atomic E-state index is 9.90. The van der Waals surface area contributed by atoms with Crippen LogP contribution in [0.15, 0.2) is 69.2 Å². The lowest BCUT2D eigenvalue weighted by Gasteiger charge is -1.99. The Bertz CT molecular complexity index is 836. The first-order valence-corrected chi connectivity index (χ1v) is 7.12. The summed E-state index contributed by atoms with van der Waals surface area (Å²) in [5.41, 5.74) is 2.87. The number of ether oxygens (including phenoxy) is 1. The minimum atomic E-state index is -0.256. The molecule has 0 unspecified atom stereocenters. The Labute approximate surface area is 133 Å². The molecule has 0 amide bonds. The van der Waals surface area contributed by atoms with Crippen molar-refractivity contribution in [3.05, 3.63) is 60.2 Å². The summed E-state index contributed by atoms with van der Waals surface area (Å²) in [7, 11) is 1.61. The second-order valence-corrected chi connectivity index (χ2v) is 5.02. The Morgan fingerprint density at radius 1 is 0.957 bits per heavy atom. The van der Waals surface area contributed by atoms with Crippen molar-refractivity contribution in [1.29, 1.82) is 0 Å². The molecule has 0 radical (unpaired) electrons. The predicted molar refractivity (Wildman–Crippen MR) is 87.7 cm³/mol. The van der Waals surface area contributed by atoms with Crippen LogP contribution in [0.5, 0.6) is 11.7 Å². The van der Waals surface area contributed by atoms with E-state index in [-0.39, 0.29) is 5.95 Å². The molecule has 0 aliphatic carbocycles. The number of nitrogens with zero attached hydrogens (tertiary/aromatic N) is 2. The Morgan fingerprint density at radius 2 is 1.65 bits per heavy atom. The van der Waals surface area contributed by atoms with Crippen LogP contribution in [-0.4, -0.2) is 12.2 Å². The van der Waals surface area contributed by atoms with Crippen molar-refractivity contribution in [1.82, 2.24) is 0 Å². The quantitative estimate of drug-likeness (QED) is 0.657. The van der Waals surface area contributed by atoms with E-state index in [1.807, 2.05) is 55.5 Å². The number of aryl methyl sites for hydroxylation is 1. The van der Waals surface area contributed by atoms with Crippen molar-refractivity contribution in [2.45, 2.75) is 6.92 Å². The maximum absolute atomic E-state index is 9.90. The monoisotopic (exact) mass is 308 g/mol. The lowest BCUT2D eigenvalue weighted by atomic mass is 10.1. The molecule has 0 saturated carbocycles. The van der Waals surface area contributed by atoms with Crippen molar-refractivity contribution >= 4 is 11.4 Å². The minimum absolute atomic E-state index is 0.256. The van der Waals surface area contributed by atoms with E-state index in [4.69, 9.17) is 9.15 Å². The highest BCUT2D eigenvalue weighted by Crippen LogP contribution is 2.37. The zero-order valence-corrected chi connectivity index (χ0v) is 12.9. The van der Waals surface area contributed by atoms with Crippen LogP contribution in [0.2, 0.25) is 0 Å². The molecular weight excluding hydrogens is 292 g/mol. The number of benzene rings is 2. The van der Waals surface area contributed by atoms with Gasteiger partial charge in [-0.3, -0.25) is 0 Å². The molecule has 116 valence electrons. The molecule has 0 saturated heterocycles. The van der Waals surface area contributed by atoms with Gasteiger partial charge in [0.25, 0.3) is 0 Å². The van der Waals surface area contributed by atoms with Gasteiger partial charge in [0.05, 0.1) is 12.8 Å². The van der Waals surface area contributed by atoms with Gasteiger partial charge in [0.2, 0.25) is 0 Å². The molecule has 1 heterocycles. The second-order valence-electron chi connectivity index (χ2n) is 5.02. The Balaban J connectivity index is 1.87. The largest absolute Gasteiger partial charge is 0.497 e. The van der Waals surface area contributed by atoms with Gasteiger partial charge >= 0.3 is 5.95 Å². The van der Waals surface area contributed by atoms with Crippen LogP contribution >= 0.6 is 0 Å². The fraction of sp³-hybridized carbons (Fsp3) is 0.111. The predicted octanol–water partition coefficient (Wildman–Crippen LogP) is 5.38. The number of rotatable bonds is 4. The SMILES string of the molecule is COc1ccc(-c2cc(N=Nc3ccccc3C)c(O)o2)cc1. The highest BCUT2D eigenvalue weighted by Gasteiger charge is 2.11. The van der Waals surface area contributed by atoms with Gasteiger partial charge in [-0.05, 0) is 42.8 Å². The van der Waals surface area contributed by atoms with Crippen LogP contribution in [0.3, 0.4) is 0 Å². The van der Waals surface area contributed by atoms with E-state index >= 15 is 0 Å². The zero-order chi connectivity index (χ0) is 16.2. The third kappa shape index (κ3) is 3.23. The van der Waals surface area contributed by atoms with Crippen LogP contribution in [0, 0.1) is 6.92 Å². The Kier molecular flexibility index (Phi) is 4.10. The van der Waals surface area contributed by atoms with Crippen molar-refractivity contribution in [3.63, 3.8) is 0 Å². The summed E-state index contributed by atoms with van der Waals surface area (Å²) in [6.45, 7) is 1.95. The van der Waals surface area contributed by atoms with Crippen molar-refractivity contribution < 1.29 is 14.3 Å². The normalized spacial score (nSPS) is 11.0. The first kappa shape index (κ1) is 14.8. The second kappa shape index (κ2) is 6.36. The molecule has 0 aliphatic heterocycles. The van der Waals surface area contributed by atoms with E-state index in [0.29, 0.717) is 11.4 Å². The topological polar surface area (TPSA) is 67.3 Å². The molecule has 5 heteroatoms. The highest BCUT2D eigenvalue weighted by molar-refractivity contribution is 5.65. The van der Waals surface area contributed by atoms with Gasteiger partial charge < -0.3 is 14.3 Å². The van der Waals surface area contributed by atoms with E-state index in [1.165, 1.54) is 0 Å². The number of aromatic hydroxyl groups is 1. The van der Waals surface area contributed by atoms with Crippen LogP contribution in [-0.2, 0) is 0 Å². The van der Waals surface area contributed by atoms with Crippen molar-refractivity contribution in [3.8, 4) is 23.0 Å². The molecule has 5 nitrogen and oxygen atoms in total. The molecule has 0 atom stereocenters. The molecule has 0 aliphatic rings. The maximum Gasteiger partial charge on any atom is 0.311 e. The minimum Gasteiger partial charge on any atom is -0.497 e. The average molecular weight is 308 g/mol. The fourth-order valence-corrected chi connectivity index (χ4v) is 2.12. The molecule has 1 N–H and O–H groups in total. The van der Waals surface area contributed by atoms with Crippen LogP contribution in [0.25, 0.3) is 11.3 Å². The lowest BCUT2D eigenvalue weighted by molar-refractivity contribution is 0.339. The number of hydrogen-bond acceptors (Lipinski definition) is 5. The number of methoxy groups -OCH3 is 1. The molecule has 0 fully saturated rings. The van der Waals surface area contributed by atoms with Gasteiger partial charge in [0.15, 0.2) is 5.69 Å². The summed E-state index contributed by atoms with van der Waals surface area (Å²) in [5, 5.41) is 18.1. The van der Waals surface area contributed by atoms with E-state index in [1.54, 1.807) is 13.2 Å². The van der Waals surface area contributed by atoms with Gasteiger partial charge in [-0.1, -0.05) is 18.2 Å². The van der Waals surface area contributed by atoms with E-state index in [2.05, 4.69) is 10.2 Å². The summed E-state index contributed by atoms with van der Waals surface area (Å²) in [5.74, 6) is 1.01. The summed E-state index contributed by atoms with van der Waals surface area (Å²) in [6, 6.07) is 16.6. The average Bonchev–Trinajstić information content (AvgIpc) is 2.95. The number of hydrogen-bond donors (Lipinski definition) is 1. The van der Waals surface area contributed by atoms with Crippen LogP contribution in [0.1, 0.15) is 5.56 Å². The van der Waals surface area contributed by atoms with E-state index in [0.717, 1.165) is 22.6 Å². The smallest absolute Gasteiger partial charge is 0.311 e. The molecular formula is C18H16N2O3. The Hall–Kier alpha value is -3.08. The van der Waals surface area contributed by atoms with Gasteiger partial charge in [-0.25, -0.2) is 0 Å². The first-order valence-electron chi connectivity index (χ1n) is 7.12. The molecule has 0 bridgehead atoms. The molecule has 3 rings (SSSR count). The molecule has 3 aromatic rings. The number of furan rings is 1. The third-order valence-corrected chi connectivity index (χ3v) is 3.45. The first-order chi connectivity index (χ1) is 11.2. The van der Waals surface area contributed by atoms with Crippen LogP contribution < -0.4 is 4.74 Å². The lowest BCUT2D eigenvalue weighted by Crippen LogP contribution is -1.81. The fourth-order valence-electron chi connectivity index (χ4n) is 2.12. The van der Waals surface area contributed by atoms with E-state index < -0.39 is 0 Å². The molecule has 2 aromatic carbocycles. The van der Waals surface area contributed by atoms with Crippen molar-refractivity contribution in [2.75, 3.05) is 7.11 Å². The molecule has 23 heavy (non-hydrogen) atoms. The zero-order valence-electron chi connectivity index (χ0n) is 12.9. The number of azo groups is 1. The van der Waals surface area contributed by atoms with Crippen molar-refractivity contribution in [2.24, 2.45) is 10.2 Å². The Morgan fingerprint density at radius 3 is 2.35 bits per heavy atom. The van der Waals surface area contributed by atoms with Crippen LogP contribution in [0.4, 0.5) is 11.4 Å². The van der Waals surface area contributed by atoms with Gasteiger partial charge in [-0.2, -0.15) is 5.11 Å². The van der Waals surface area contributed by atoms with Gasteiger partial charge in [-0.15, -0.1) is 5.11 Å².